The van der Waals surface area contributed by atoms with E-state index in [4.69, 9.17) is 0 Å². The molecule has 0 spiro atoms. The van der Waals surface area contributed by atoms with Crippen LogP contribution in [0.1, 0.15) is 6.42 Å². The Labute approximate surface area is 120 Å². The maximum atomic E-state index is 4.51. The molecule has 2 heterocycles. The average Bonchev–Trinajstić information content (AvgIpc) is 2.74. The summed E-state index contributed by atoms with van der Waals surface area (Å²) in [6, 6.07) is 8.67. The zero-order valence-corrected chi connectivity index (χ0v) is 12.3. The maximum Gasteiger partial charge on any atom is 0.135 e. The van der Waals surface area contributed by atoms with Gasteiger partial charge in [0, 0.05) is 56.4 Å². The third-order valence-electron chi connectivity index (χ3n) is 3.87. The number of nitrogens with zero attached hydrogens (tertiary/aromatic N) is 3. The fraction of sp³-hybridized carbons (Fsp3) is 0.438. The van der Waals surface area contributed by atoms with Gasteiger partial charge < -0.3 is 15.1 Å². The van der Waals surface area contributed by atoms with Gasteiger partial charge >= 0.3 is 0 Å². The molecule has 106 valence electrons. The van der Waals surface area contributed by atoms with Gasteiger partial charge in [-0.15, -0.1) is 0 Å². The molecule has 1 N–H and O–H groups in total. The highest BCUT2D eigenvalue weighted by atomic mass is 15.2. The van der Waals surface area contributed by atoms with Crippen LogP contribution in [0.3, 0.4) is 0 Å². The molecule has 1 aromatic heterocycles. The van der Waals surface area contributed by atoms with Crippen molar-refractivity contribution in [3.8, 4) is 0 Å². The first-order chi connectivity index (χ1) is 9.77. The van der Waals surface area contributed by atoms with E-state index >= 15 is 0 Å². The Bertz CT molecular complexity index is 586. The number of rotatable bonds is 2. The molecule has 0 saturated carbocycles. The van der Waals surface area contributed by atoms with Gasteiger partial charge in [0.2, 0.25) is 0 Å². The summed E-state index contributed by atoms with van der Waals surface area (Å²) < 4.78 is 0. The minimum Gasteiger partial charge on any atom is -0.370 e. The van der Waals surface area contributed by atoms with Crippen molar-refractivity contribution in [3.63, 3.8) is 0 Å². The highest BCUT2D eigenvalue weighted by molar-refractivity contribution is 6.00. The van der Waals surface area contributed by atoms with E-state index in [0.29, 0.717) is 0 Å². The van der Waals surface area contributed by atoms with Crippen LogP contribution in [-0.4, -0.2) is 45.3 Å². The van der Waals surface area contributed by atoms with Crippen LogP contribution >= 0.6 is 0 Å². The molecule has 1 aliphatic rings. The zero-order chi connectivity index (χ0) is 13.9. The molecule has 20 heavy (non-hydrogen) atoms. The first kappa shape index (κ1) is 13.2. The van der Waals surface area contributed by atoms with Crippen molar-refractivity contribution in [3.05, 3.63) is 30.5 Å². The summed E-state index contributed by atoms with van der Waals surface area (Å²) in [5.74, 6) is 1.04. The van der Waals surface area contributed by atoms with Gasteiger partial charge in [0.15, 0.2) is 0 Å². The number of pyridine rings is 1. The second-order valence-electron chi connectivity index (χ2n) is 5.49. The largest absolute Gasteiger partial charge is 0.370 e. The Kier molecular flexibility index (Phi) is 3.74. The maximum absolute atomic E-state index is 4.51. The molecule has 0 unspecified atom stereocenters. The third kappa shape index (κ3) is 2.43. The first-order valence-corrected chi connectivity index (χ1v) is 7.28. The van der Waals surface area contributed by atoms with Crippen molar-refractivity contribution in [2.75, 3.05) is 50.1 Å². The van der Waals surface area contributed by atoms with E-state index in [2.05, 4.69) is 44.4 Å². The third-order valence-corrected chi connectivity index (χ3v) is 3.87. The topological polar surface area (TPSA) is 31.4 Å². The summed E-state index contributed by atoms with van der Waals surface area (Å²) in [4.78, 5) is 9.07. The van der Waals surface area contributed by atoms with Crippen molar-refractivity contribution in [1.82, 2.24) is 10.3 Å². The molecule has 4 heteroatoms. The average molecular weight is 270 g/mol. The number of benzene rings is 1. The minimum absolute atomic E-state index is 1.04. The van der Waals surface area contributed by atoms with Gasteiger partial charge in [-0.2, -0.15) is 0 Å². The monoisotopic (exact) mass is 270 g/mol. The van der Waals surface area contributed by atoms with Crippen LogP contribution in [0.25, 0.3) is 10.8 Å². The lowest BCUT2D eigenvalue weighted by atomic mass is 10.1. The number of fused-ring (bicyclic) bond motifs is 1. The molecule has 0 amide bonds. The quantitative estimate of drug-likeness (QED) is 0.905. The molecule has 4 nitrogen and oxygen atoms in total. The lowest BCUT2D eigenvalue weighted by Gasteiger charge is -2.25. The van der Waals surface area contributed by atoms with Gasteiger partial charge in [-0.3, -0.25) is 0 Å². The Morgan fingerprint density at radius 2 is 2.00 bits per heavy atom. The number of nitrogens with one attached hydrogen (secondary N) is 1. The summed E-state index contributed by atoms with van der Waals surface area (Å²) in [6.45, 7) is 4.36. The van der Waals surface area contributed by atoms with Crippen LogP contribution in [0.4, 0.5) is 11.5 Å². The van der Waals surface area contributed by atoms with Gasteiger partial charge in [-0.25, -0.2) is 4.98 Å². The highest BCUT2D eigenvalue weighted by Crippen LogP contribution is 2.31. The summed E-state index contributed by atoms with van der Waals surface area (Å²) >= 11 is 0. The van der Waals surface area contributed by atoms with Crippen molar-refractivity contribution >= 4 is 22.3 Å². The number of hydrogen-bond donors (Lipinski definition) is 1. The molecular formula is C16H22N4. The van der Waals surface area contributed by atoms with E-state index < -0.39 is 0 Å². The van der Waals surface area contributed by atoms with Crippen LogP contribution in [0.5, 0.6) is 0 Å². The smallest absolute Gasteiger partial charge is 0.135 e. The Morgan fingerprint density at radius 1 is 1.10 bits per heavy atom. The molecule has 1 aromatic carbocycles. The van der Waals surface area contributed by atoms with Gasteiger partial charge in [0.25, 0.3) is 0 Å². The predicted octanol–water partition coefficient (Wildman–Crippen LogP) is 2.10. The Hall–Kier alpha value is -1.81. The van der Waals surface area contributed by atoms with E-state index in [-0.39, 0.29) is 0 Å². The molecule has 1 aliphatic heterocycles. The van der Waals surface area contributed by atoms with E-state index in [0.717, 1.165) is 32.0 Å². The van der Waals surface area contributed by atoms with Crippen LogP contribution < -0.4 is 15.1 Å². The highest BCUT2D eigenvalue weighted by Gasteiger charge is 2.14. The summed E-state index contributed by atoms with van der Waals surface area (Å²) in [5, 5.41) is 5.99. The second kappa shape index (κ2) is 5.67. The van der Waals surface area contributed by atoms with Crippen molar-refractivity contribution < 1.29 is 0 Å². The molecule has 0 radical (unpaired) electrons. The molecule has 2 aromatic rings. The van der Waals surface area contributed by atoms with Crippen molar-refractivity contribution in [2.24, 2.45) is 0 Å². The van der Waals surface area contributed by atoms with E-state index in [1.165, 1.54) is 22.9 Å². The van der Waals surface area contributed by atoms with Crippen molar-refractivity contribution in [2.45, 2.75) is 6.42 Å². The lowest BCUT2D eigenvalue weighted by molar-refractivity contribution is 0.724. The molecule has 0 bridgehead atoms. The fourth-order valence-electron chi connectivity index (χ4n) is 2.89. The molecule has 1 fully saturated rings. The second-order valence-corrected chi connectivity index (χ2v) is 5.49. The van der Waals surface area contributed by atoms with Crippen LogP contribution in [0, 0.1) is 0 Å². The number of hydrogen-bond acceptors (Lipinski definition) is 4. The van der Waals surface area contributed by atoms with E-state index in [9.17, 15) is 0 Å². The number of anilines is 2. The van der Waals surface area contributed by atoms with Gasteiger partial charge in [-0.05, 0) is 25.1 Å². The SMILES string of the molecule is CN(C)c1nccc2c(N3CCCNCC3)cccc12. The summed E-state index contributed by atoms with van der Waals surface area (Å²) in [6.07, 6.45) is 3.11. The Morgan fingerprint density at radius 3 is 2.85 bits per heavy atom. The van der Waals surface area contributed by atoms with Crippen LogP contribution in [-0.2, 0) is 0 Å². The molecule has 0 atom stereocenters. The molecule has 3 rings (SSSR count). The molecule has 1 saturated heterocycles. The predicted molar refractivity (Wildman–Crippen MR) is 85.8 cm³/mol. The van der Waals surface area contributed by atoms with Crippen LogP contribution in [0.15, 0.2) is 30.5 Å². The normalized spacial score (nSPS) is 16.2. The van der Waals surface area contributed by atoms with E-state index in [1.54, 1.807) is 0 Å². The summed E-state index contributed by atoms with van der Waals surface area (Å²) in [5.41, 5.74) is 1.33. The van der Waals surface area contributed by atoms with Crippen molar-refractivity contribution in [1.29, 1.82) is 0 Å². The van der Waals surface area contributed by atoms with Crippen LogP contribution in [0.2, 0.25) is 0 Å². The lowest BCUT2D eigenvalue weighted by Crippen LogP contribution is -2.28. The zero-order valence-electron chi connectivity index (χ0n) is 12.3. The molecule has 0 aliphatic carbocycles. The minimum atomic E-state index is 1.04. The standard InChI is InChI=1S/C16H22N4/c1-19(2)16-14-5-3-6-15(13(14)7-9-18-16)20-11-4-8-17-10-12-20/h3,5-7,9,17H,4,8,10-12H2,1-2H3. The van der Waals surface area contributed by atoms with Gasteiger partial charge in [-0.1, -0.05) is 12.1 Å². The van der Waals surface area contributed by atoms with E-state index in [1.807, 2.05) is 20.3 Å². The first-order valence-electron chi connectivity index (χ1n) is 7.28. The number of aromatic nitrogens is 1. The molecular weight excluding hydrogens is 248 g/mol. The Balaban J connectivity index is 2.09. The summed E-state index contributed by atoms with van der Waals surface area (Å²) in [7, 11) is 4.09. The fourth-order valence-corrected chi connectivity index (χ4v) is 2.89. The van der Waals surface area contributed by atoms with Gasteiger partial charge in [0.1, 0.15) is 5.82 Å². The van der Waals surface area contributed by atoms with Gasteiger partial charge in [0.05, 0.1) is 0 Å².